The number of nitrogens with zero attached hydrogens (tertiary/aromatic N) is 1. The zero-order chi connectivity index (χ0) is 15.8. The molecule has 1 aromatic rings. The summed E-state index contributed by atoms with van der Waals surface area (Å²) in [6, 6.07) is 4.17. The van der Waals surface area contributed by atoms with E-state index in [0.717, 1.165) is 0 Å². The number of nitrogens with one attached hydrogen (secondary N) is 2. The Morgan fingerprint density at radius 3 is 2.76 bits per heavy atom. The van der Waals surface area contributed by atoms with Crippen molar-refractivity contribution in [1.82, 2.24) is 10.6 Å². The molecule has 3 N–H and O–H groups in total. The van der Waals surface area contributed by atoms with E-state index in [4.69, 9.17) is 9.84 Å². The maximum absolute atomic E-state index is 12.0. The highest BCUT2D eigenvalue weighted by atomic mass is 16.6. The summed E-state index contributed by atoms with van der Waals surface area (Å²) in [6.07, 6.45) is -0.461. The van der Waals surface area contributed by atoms with Crippen LogP contribution in [0.4, 0.5) is 5.69 Å². The van der Waals surface area contributed by atoms with Gasteiger partial charge in [-0.25, -0.2) is 0 Å². The molecule has 0 bridgehead atoms. The molecular weight excluding hydrogens is 278 g/mol. The molecule has 1 atom stereocenters. The fraction of sp³-hybridized carbons (Fsp3) is 0.462. The van der Waals surface area contributed by atoms with Crippen molar-refractivity contribution in [2.24, 2.45) is 0 Å². The highest BCUT2D eigenvalue weighted by molar-refractivity contribution is 5.98. The molecule has 0 aliphatic carbocycles. The van der Waals surface area contributed by atoms with Crippen molar-refractivity contribution < 1.29 is 19.6 Å². The molecule has 0 spiro atoms. The first-order valence-corrected chi connectivity index (χ1v) is 6.45. The van der Waals surface area contributed by atoms with E-state index >= 15 is 0 Å². The number of hydrogen-bond acceptors (Lipinski definition) is 6. The second-order valence-corrected chi connectivity index (χ2v) is 4.42. The molecule has 0 fully saturated rings. The van der Waals surface area contributed by atoms with Crippen molar-refractivity contribution in [2.75, 3.05) is 26.7 Å². The van der Waals surface area contributed by atoms with Crippen molar-refractivity contribution >= 4 is 11.6 Å². The summed E-state index contributed by atoms with van der Waals surface area (Å²) in [5, 5.41) is 25.5. The highest BCUT2D eigenvalue weighted by Crippen LogP contribution is 2.30. The van der Waals surface area contributed by atoms with Gasteiger partial charge >= 0.3 is 5.69 Å². The van der Waals surface area contributed by atoms with Crippen LogP contribution in [0.25, 0.3) is 0 Å². The monoisotopic (exact) mass is 297 g/mol. The molecule has 0 heterocycles. The summed E-state index contributed by atoms with van der Waals surface area (Å²) < 4.78 is 4.97. The maximum atomic E-state index is 12.0. The normalized spacial score (nSPS) is 11.8. The average Bonchev–Trinajstić information content (AvgIpc) is 2.45. The Kier molecular flexibility index (Phi) is 6.57. The fourth-order valence-corrected chi connectivity index (χ4v) is 1.73. The molecule has 0 aromatic heterocycles. The number of amides is 1. The summed E-state index contributed by atoms with van der Waals surface area (Å²) in [5.74, 6) is -0.508. The van der Waals surface area contributed by atoms with E-state index in [1.54, 1.807) is 6.92 Å². The Hall–Kier alpha value is -2.19. The van der Waals surface area contributed by atoms with Crippen LogP contribution in [0, 0.1) is 10.1 Å². The second kappa shape index (κ2) is 8.18. The van der Waals surface area contributed by atoms with Gasteiger partial charge in [-0.05, 0) is 13.0 Å². The third-order valence-corrected chi connectivity index (χ3v) is 2.67. The number of aliphatic hydroxyl groups excluding tert-OH is 1. The molecule has 0 radical (unpaired) electrons. The van der Waals surface area contributed by atoms with Crippen molar-refractivity contribution in [3.8, 4) is 5.75 Å². The topological polar surface area (TPSA) is 114 Å². The van der Waals surface area contributed by atoms with Crippen LogP contribution in [0.5, 0.6) is 5.75 Å². The third kappa shape index (κ3) is 5.01. The van der Waals surface area contributed by atoms with Crippen LogP contribution < -0.4 is 15.4 Å². The Labute approximate surface area is 122 Å². The van der Waals surface area contributed by atoms with Crippen LogP contribution >= 0.6 is 0 Å². The van der Waals surface area contributed by atoms with E-state index in [-0.39, 0.29) is 17.0 Å². The quantitative estimate of drug-likeness (QED) is 0.361. The standard InChI is InChI=1S/C13H19N3O5/c1-9(17)8-14-6-7-15-13(18)10-4-3-5-11(16(19)20)12(10)21-2/h3-5,9,14,17H,6-8H2,1-2H3,(H,15,18). The second-order valence-electron chi connectivity index (χ2n) is 4.42. The first-order valence-electron chi connectivity index (χ1n) is 6.45. The van der Waals surface area contributed by atoms with Gasteiger partial charge in [0.05, 0.1) is 23.7 Å². The molecule has 21 heavy (non-hydrogen) atoms. The van der Waals surface area contributed by atoms with E-state index in [9.17, 15) is 14.9 Å². The zero-order valence-corrected chi connectivity index (χ0v) is 12.0. The van der Waals surface area contributed by atoms with Crippen LogP contribution in [0.15, 0.2) is 18.2 Å². The predicted molar refractivity (Wildman–Crippen MR) is 76.5 cm³/mol. The van der Waals surface area contributed by atoms with Gasteiger partial charge in [0, 0.05) is 25.7 Å². The van der Waals surface area contributed by atoms with Crippen LogP contribution in [-0.2, 0) is 0 Å². The molecule has 0 aliphatic rings. The summed E-state index contributed by atoms with van der Waals surface area (Å²) in [7, 11) is 1.28. The third-order valence-electron chi connectivity index (χ3n) is 2.67. The Balaban J connectivity index is 2.66. The summed E-state index contributed by atoms with van der Waals surface area (Å²) >= 11 is 0. The molecule has 1 amide bonds. The van der Waals surface area contributed by atoms with Crippen LogP contribution in [0.3, 0.4) is 0 Å². The van der Waals surface area contributed by atoms with Gasteiger partial charge in [0.25, 0.3) is 5.91 Å². The molecule has 0 saturated carbocycles. The minimum absolute atomic E-state index is 0.0584. The van der Waals surface area contributed by atoms with Crippen molar-refractivity contribution in [1.29, 1.82) is 0 Å². The molecule has 116 valence electrons. The molecule has 0 saturated heterocycles. The lowest BCUT2D eigenvalue weighted by Gasteiger charge is -2.10. The van der Waals surface area contributed by atoms with Crippen LogP contribution in [0.2, 0.25) is 0 Å². The van der Waals surface area contributed by atoms with Gasteiger partial charge in [0.2, 0.25) is 5.75 Å². The first-order chi connectivity index (χ1) is 9.97. The van der Waals surface area contributed by atoms with Gasteiger partial charge in [-0.15, -0.1) is 0 Å². The number of carbonyl (C=O) groups excluding carboxylic acids is 1. The van der Waals surface area contributed by atoms with Crippen molar-refractivity contribution in [3.05, 3.63) is 33.9 Å². The lowest BCUT2D eigenvalue weighted by molar-refractivity contribution is -0.385. The maximum Gasteiger partial charge on any atom is 0.311 e. The Morgan fingerprint density at radius 1 is 1.48 bits per heavy atom. The molecule has 1 aromatic carbocycles. The largest absolute Gasteiger partial charge is 0.490 e. The number of nitro groups is 1. The van der Waals surface area contributed by atoms with Crippen LogP contribution in [-0.4, -0.2) is 48.8 Å². The van der Waals surface area contributed by atoms with Gasteiger partial charge in [-0.3, -0.25) is 14.9 Å². The smallest absolute Gasteiger partial charge is 0.311 e. The number of para-hydroxylation sites is 1. The van der Waals surface area contributed by atoms with E-state index in [1.165, 1.54) is 25.3 Å². The Bertz CT molecular complexity index is 505. The number of benzene rings is 1. The lowest BCUT2D eigenvalue weighted by atomic mass is 10.1. The average molecular weight is 297 g/mol. The number of nitro benzene ring substituents is 1. The van der Waals surface area contributed by atoms with E-state index < -0.39 is 16.9 Å². The summed E-state index contributed by atoms with van der Waals surface area (Å²) in [4.78, 5) is 22.3. The summed E-state index contributed by atoms with van der Waals surface area (Å²) in [6.45, 7) is 2.89. The zero-order valence-electron chi connectivity index (χ0n) is 12.0. The first kappa shape index (κ1) is 16.9. The lowest BCUT2D eigenvalue weighted by Crippen LogP contribution is -2.34. The number of rotatable bonds is 8. The molecule has 1 rings (SSSR count). The van der Waals surface area contributed by atoms with Crippen molar-refractivity contribution in [3.63, 3.8) is 0 Å². The SMILES string of the molecule is COc1c(C(=O)NCCNCC(C)O)cccc1[N+](=O)[O-]. The molecular formula is C13H19N3O5. The van der Waals surface area contributed by atoms with E-state index in [0.29, 0.717) is 19.6 Å². The van der Waals surface area contributed by atoms with Gasteiger partial charge < -0.3 is 20.5 Å². The number of aliphatic hydroxyl groups is 1. The predicted octanol–water partition coefficient (Wildman–Crippen LogP) is 0.304. The minimum atomic E-state index is -0.597. The van der Waals surface area contributed by atoms with Gasteiger partial charge in [-0.2, -0.15) is 0 Å². The van der Waals surface area contributed by atoms with Gasteiger partial charge in [-0.1, -0.05) is 6.07 Å². The number of methoxy groups -OCH3 is 1. The summed E-state index contributed by atoms with van der Waals surface area (Å²) in [5.41, 5.74) is -0.139. The van der Waals surface area contributed by atoms with E-state index in [1.807, 2.05) is 0 Å². The number of ether oxygens (including phenoxy) is 1. The van der Waals surface area contributed by atoms with Crippen LogP contribution in [0.1, 0.15) is 17.3 Å². The van der Waals surface area contributed by atoms with Gasteiger partial charge in [0.15, 0.2) is 0 Å². The Morgan fingerprint density at radius 2 is 2.19 bits per heavy atom. The fourth-order valence-electron chi connectivity index (χ4n) is 1.73. The number of hydrogen-bond donors (Lipinski definition) is 3. The van der Waals surface area contributed by atoms with Crippen molar-refractivity contribution in [2.45, 2.75) is 13.0 Å². The minimum Gasteiger partial charge on any atom is -0.490 e. The number of carbonyl (C=O) groups is 1. The van der Waals surface area contributed by atoms with E-state index in [2.05, 4.69) is 10.6 Å². The highest BCUT2D eigenvalue weighted by Gasteiger charge is 2.22. The van der Waals surface area contributed by atoms with Gasteiger partial charge in [0.1, 0.15) is 0 Å². The molecule has 8 heteroatoms. The molecule has 0 aliphatic heterocycles. The molecule has 8 nitrogen and oxygen atoms in total. The molecule has 1 unspecified atom stereocenters.